The van der Waals surface area contributed by atoms with Gasteiger partial charge in [0.25, 0.3) is 11.8 Å². The number of hydrogen-bond donors (Lipinski definition) is 2. The van der Waals surface area contributed by atoms with E-state index in [0.29, 0.717) is 40.7 Å². The van der Waals surface area contributed by atoms with Crippen molar-refractivity contribution in [1.29, 1.82) is 0 Å². The molecule has 6 nitrogen and oxygen atoms in total. The third-order valence-electron chi connectivity index (χ3n) is 5.48. The van der Waals surface area contributed by atoms with Gasteiger partial charge in [-0.15, -0.1) is 0 Å². The summed E-state index contributed by atoms with van der Waals surface area (Å²) in [4.78, 5) is 27.8. The predicted octanol–water partition coefficient (Wildman–Crippen LogP) is 5.23. The minimum absolute atomic E-state index is 0.107. The normalized spacial score (nSPS) is 11.1. The van der Waals surface area contributed by atoms with Gasteiger partial charge in [-0.1, -0.05) is 49.7 Å². The lowest BCUT2D eigenvalue weighted by atomic mass is 9.92. The minimum atomic E-state index is -0.283. The zero-order valence-corrected chi connectivity index (χ0v) is 20.4. The molecule has 0 aromatic heterocycles. The molecule has 0 heterocycles. The lowest BCUT2D eigenvalue weighted by molar-refractivity contribution is 0.0673. The summed E-state index contributed by atoms with van der Waals surface area (Å²) in [5, 5.41) is 3.40. The van der Waals surface area contributed by atoms with E-state index < -0.39 is 0 Å². The minimum Gasteiger partial charge on any atom is -0.497 e. The molecule has 34 heavy (non-hydrogen) atoms. The topological polar surface area (TPSA) is 84.7 Å². The van der Waals surface area contributed by atoms with E-state index in [4.69, 9.17) is 22.1 Å². The Morgan fingerprint density at radius 3 is 2.38 bits per heavy atom. The Morgan fingerprint density at radius 2 is 1.71 bits per heavy atom. The van der Waals surface area contributed by atoms with E-state index in [-0.39, 0.29) is 23.8 Å². The van der Waals surface area contributed by atoms with E-state index >= 15 is 0 Å². The van der Waals surface area contributed by atoms with Gasteiger partial charge in [-0.3, -0.25) is 9.59 Å². The first-order valence-corrected chi connectivity index (χ1v) is 11.4. The van der Waals surface area contributed by atoms with E-state index in [0.717, 1.165) is 5.56 Å². The van der Waals surface area contributed by atoms with Gasteiger partial charge in [-0.25, -0.2) is 0 Å². The first kappa shape index (κ1) is 25.3. The number of halogens is 1. The number of ether oxygens (including phenoxy) is 1. The average molecular weight is 480 g/mol. The van der Waals surface area contributed by atoms with Gasteiger partial charge in [0.05, 0.1) is 7.11 Å². The molecule has 0 saturated heterocycles. The summed E-state index contributed by atoms with van der Waals surface area (Å²) in [6.45, 7) is 5.19. The van der Waals surface area contributed by atoms with E-state index in [1.807, 2.05) is 32.0 Å². The monoisotopic (exact) mass is 479 g/mol. The molecule has 0 atom stereocenters. The highest BCUT2D eigenvalue weighted by atomic mass is 35.5. The van der Waals surface area contributed by atoms with Gasteiger partial charge >= 0.3 is 0 Å². The predicted molar refractivity (Wildman–Crippen MR) is 136 cm³/mol. The second-order valence-corrected chi connectivity index (χ2v) is 9.30. The van der Waals surface area contributed by atoms with Crippen LogP contribution in [0.1, 0.15) is 40.1 Å². The molecule has 0 aliphatic heterocycles. The fraction of sp³-hybridized carbons (Fsp3) is 0.259. The van der Waals surface area contributed by atoms with Crippen molar-refractivity contribution in [3.63, 3.8) is 0 Å². The number of benzene rings is 3. The Hall–Kier alpha value is -3.35. The van der Waals surface area contributed by atoms with Crippen molar-refractivity contribution in [2.75, 3.05) is 25.5 Å². The third kappa shape index (κ3) is 6.59. The van der Waals surface area contributed by atoms with Crippen LogP contribution in [0.25, 0.3) is 0 Å². The van der Waals surface area contributed by atoms with E-state index in [9.17, 15) is 9.59 Å². The summed E-state index contributed by atoms with van der Waals surface area (Å²) in [6.07, 6.45) is 0. The van der Waals surface area contributed by atoms with Crippen molar-refractivity contribution in [3.8, 4) is 5.75 Å². The van der Waals surface area contributed by atoms with E-state index in [2.05, 4.69) is 5.32 Å². The first-order chi connectivity index (χ1) is 16.2. The Labute approximate surface area is 205 Å². The van der Waals surface area contributed by atoms with Crippen LogP contribution in [-0.2, 0) is 6.54 Å². The maximum Gasteiger partial charge on any atom is 0.255 e. The highest BCUT2D eigenvalue weighted by molar-refractivity contribution is 6.31. The number of nitrogens with zero attached hydrogens (tertiary/aromatic N) is 1. The van der Waals surface area contributed by atoms with Crippen molar-refractivity contribution in [3.05, 3.63) is 94.5 Å². The number of amides is 2. The van der Waals surface area contributed by atoms with Crippen LogP contribution in [0.5, 0.6) is 5.75 Å². The quantitative estimate of drug-likeness (QED) is 0.440. The molecule has 3 N–H and O–H groups in total. The molecule has 0 saturated carbocycles. The number of hydrogen-bond acceptors (Lipinski definition) is 4. The Morgan fingerprint density at radius 1 is 1.00 bits per heavy atom. The number of carbonyl (C=O) groups excluding carboxylic acids is 2. The van der Waals surface area contributed by atoms with Gasteiger partial charge in [0, 0.05) is 34.9 Å². The van der Waals surface area contributed by atoms with Crippen LogP contribution in [0.3, 0.4) is 0 Å². The third-order valence-corrected chi connectivity index (χ3v) is 5.84. The summed E-state index contributed by atoms with van der Waals surface area (Å²) in [5.74, 6) is 0.222. The number of nitrogens with two attached hydrogens (primary N) is 1. The second-order valence-electron chi connectivity index (χ2n) is 8.89. The van der Waals surface area contributed by atoms with Crippen LogP contribution in [-0.4, -0.2) is 36.9 Å². The van der Waals surface area contributed by atoms with Gasteiger partial charge in [0.1, 0.15) is 5.75 Å². The van der Waals surface area contributed by atoms with Gasteiger partial charge in [-0.05, 0) is 66.1 Å². The number of carbonyl (C=O) groups is 2. The molecule has 0 unspecified atom stereocenters. The van der Waals surface area contributed by atoms with Crippen molar-refractivity contribution in [1.82, 2.24) is 4.90 Å². The van der Waals surface area contributed by atoms with Crippen LogP contribution >= 0.6 is 11.6 Å². The lowest BCUT2D eigenvalue weighted by Crippen LogP contribution is -2.41. The van der Waals surface area contributed by atoms with Crippen LogP contribution < -0.4 is 15.8 Å². The Balaban J connectivity index is 1.85. The second kappa shape index (κ2) is 11.2. The van der Waals surface area contributed by atoms with Crippen LogP contribution in [0.15, 0.2) is 72.8 Å². The van der Waals surface area contributed by atoms with Crippen LogP contribution in [0, 0.1) is 5.41 Å². The highest BCUT2D eigenvalue weighted by Gasteiger charge is 2.25. The molecular weight excluding hydrogens is 450 g/mol. The number of nitrogens with one attached hydrogen (secondary N) is 1. The van der Waals surface area contributed by atoms with E-state index in [1.54, 1.807) is 66.6 Å². The molecule has 0 spiro atoms. The molecule has 0 radical (unpaired) electrons. The number of methoxy groups -OCH3 is 1. The van der Waals surface area contributed by atoms with Crippen molar-refractivity contribution in [2.45, 2.75) is 20.4 Å². The van der Waals surface area contributed by atoms with Crippen molar-refractivity contribution in [2.24, 2.45) is 11.1 Å². The lowest BCUT2D eigenvalue weighted by Gasteiger charge is -2.32. The summed E-state index contributed by atoms with van der Waals surface area (Å²) in [5.41, 5.74) is 8.04. The average Bonchev–Trinajstić information content (AvgIpc) is 2.85. The molecule has 3 rings (SSSR count). The molecule has 178 valence electrons. The Kier molecular flexibility index (Phi) is 8.31. The van der Waals surface area contributed by atoms with Crippen molar-refractivity contribution >= 4 is 29.1 Å². The molecular formula is C27H30ClN3O3. The summed E-state index contributed by atoms with van der Waals surface area (Å²) >= 11 is 6.50. The molecule has 3 aromatic rings. The Bertz CT molecular complexity index is 1150. The first-order valence-electron chi connectivity index (χ1n) is 11.0. The molecule has 7 heteroatoms. The van der Waals surface area contributed by atoms with Gasteiger partial charge in [-0.2, -0.15) is 0 Å². The SMILES string of the molecule is COc1cccc(C(=O)Nc2ccc(Cl)c(CN(CC(C)(C)CN)C(=O)c3ccccc3)c2)c1. The molecule has 0 bridgehead atoms. The summed E-state index contributed by atoms with van der Waals surface area (Å²) in [6, 6.07) is 21.3. The fourth-order valence-electron chi connectivity index (χ4n) is 3.49. The maximum absolute atomic E-state index is 13.3. The molecule has 0 aliphatic rings. The van der Waals surface area contributed by atoms with E-state index in [1.165, 1.54) is 0 Å². The molecule has 2 amide bonds. The highest BCUT2D eigenvalue weighted by Crippen LogP contribution is 2.26. The zero-order valence-electron chi connectivity index (χ0n) is 19.7. The zero-order chi connectivity index (χ0) is 24.7. The van der Waals surface area contributed by atoms with Crippen LogP contribution in [0.2, 0.25) is 5.02 Å². The summed E-state index contributed by atoms with van der Waals surface area (Å²) in [7, 11) is 1.55. The summed E-state index contributed by atoms with van der Waals surface area (Å²) < 4.78 is 5.20. The smallest absolute Gasteiger partial charge is 0.255 e. The fourth-order valence-corrected chi connectivity index (χ4v) is 3.67. The standard InChI is InChI=1S/C27H30ClN3O3/c1-27(2,17-29)18-31(26(33)19-8-5-4-6-9-19)16-21-14-22(12-13-24(21)28)30-25(32)20-10-7-11-23(15-20)34-3/h4-15H,16-18,29H2,1-3H3,(H,30,32). The number of anilines is 1. The molecule has 3 aromatic carbocycles. The largest absolute Gasteiger partial charge is 0.497 e. The van der Waals surface area contributed by atoms with Gasteiger partial charge < -0.3 is 20.7 Å². The van der Waals surface area contributed by atoms with Crippen molar-refractivity contribution < 1.29 is 14.3 Å². The number of rotatable bonds is 9. The van der Waals surface area contributed by atoms with Gasteiger partial charge in [0.2, 0.25) is 0 Å². The molecule has 0 fully saturated rings. The van der Waals surface area contributed by atoms with Gasteiger partial charge in [0.15, 0.2) is 0 Å². The molecule has 0 aliphatic carbocycles. The van der Waals surface area contributed by atoms with Crippen LogP contribution in [0.4, 0.5) is 5.69 Å². The maximum atomic E-state index is 13.3.